The van der Waals surface area contributed by atoms with Crippen LogP contribution >= 0.6 is 36.4 Å². The predicted octanol–water partition coefficient (Wildman–Crippen LogP) is 2.35. The molecule has 0 saturated carbocycles. The zero-order valence-corrected chi connectivity index (χ0v) is 8.55. The lowest BCUT2D eigenvalue weighted by atomic mass is 10.2. The van der Waals surface area contributed by atoms with Crippen molar-refractivity contribution in [1.29, 1.82) is 0 Å². The highest BCUT2D eigenvalue weighted by Crippen LogP contribution is 2.20. The van der Waals surface area contributed by atoms with Crippen LogP contribution in [0.15, 0.2) is 18.2 Å². The second kappa shape index (κ2) is 6.38. The first kappa shape index (κ1) is 14.4. The molecule has 70 valence electrons. The first-order valence-electron chi connectivity index (χ1n) is 2.91. The molecule has 0 unspecified atom stereocenters. The molecule has 1 aromatic carbocycles. The summed E-state index contributed by atoms with van der Waals surface area (Å²) in [6.07, 6.45) is 0. The Morgan fingerprint density at radius 3 is 2.33 bits per heavy atom. The van der Waals surface area contributed by atoms with Gasteiger partial charge in [0.15, 0.2) is 0 Å². The van der Waals surface area contributed by atoms with E-state index in [-0.39, 0.29) is 30.6 Å². The number of nitrogens with two attached hydrogens (primary N) is 1. The van der Waals surface area contributed by atoms with Gasteiger partial charge in [0.2, 0.25) is 0 Å². The van der Waals surface area contributed by atoms with Crippen LogP contribution in [0.2, 0.25) is 5.02 Å². The molecule has 0 saturated heterocycles. The van der Waals surface area contributed by atoms with Gasteiger partial charge in [0.25, 0.3) is 0 Å². The first-order chi connectivity index (χ1) is 4.74. The van der Waals surface area contributed by atoms with E-state index in [1.807, 2.05) is 0 Å². The third-order valence-corrected chi connectivity index (χ3v) is 1.61. The van der Waals surface area contributed by atoms with Gasteiger partial charge in [0, 0.05) is 11.6 Å². The lowest BCUT2D eigenvalue weighted by Gasteiger charge is -1.99. The third kappa shape index (κ3) is 3.50. The molecule has 0 heterocycles. The van der Waals surface area contributed by atoms with Crippen LogP contribution in [0.3, 0.4) is 0 Å². The van der Waals surface area contributed by atoms with Crippen molar-refractivity contribution in [2.75, 3.05) is 0 Å². The van der Waals surface area contributed by atoms with Crippen molar-refractivity contribution in [3.05, 3.63) is 28.8 Å². The van der Waals surface area contributed by atoms with Crippen LogP contribution < -0.4 is 5.73 Å². The second-order valence-electron chi connectivity index (χ2n) is 1.98. The fourth-order valence-corrected chi connectivity index (χ4v) is 0.954. The summed E-state index contributed by atoms with van der Waals surface area (Å²) in [6, 6.07) is 4.75. The van der Waals surface area contributed by atoms with Crippen LogP contribution in [-0.2, 0) is 6.54 Å². The molecule has 12 heavy (non-hydrogen) atoms. The molecule has 1 rings (SSSR count). The number of halogens is 3. The fraction of sp³-hybridized carbons (Fsp3) is 0.143. The van der Waals surface area contributed by atoms with Crippen LogP contribution in [0.1, 0.15) is 5.56 Å². The molecule has 3 N–H and O–H groups in total. The minimum absolute atomic E-state index is 0. The van der Waals surface area contributed by atoms with E-state index >= 15 is 0 Å². The molecule has 0 radical (unpaired) electrons. The number of benzene rings is 1. The predicted molar refractivity (Wildman–Crippen MR) is 55.5 cm³/mol. The maximum absolute atomic E-state index is 8.91. The molecule has 5 heteroatoms. The number of hydrogen-bond acceptors (Lipinski definition) is 2. The Morgan fingerprint density at radius 1 is 1.33 bits per heavy atom. The van der Waals surface area contributed by atoms with E-state index in [1.54, 1.807) is 12.1 Å². The average molecular weight is 231 g/mol. The maximum Gasteiger partial charge on any atom is 0.117 e. The lowest BCUT2D eigenvalue weighted by Crippen LogP contribution is -1.96. The molecule has 0 bridgehead atoms. The summed E-state index contributed by atoms with van der Waals surface area (Å²) in [5.41, 5.74) is 6.18. The number of phenols is 1. The van der Waals surface area contributed by atoms with Gasteiger partial charge in [0.1, 0.15) is 5.75 Å². The van der Waals surface area contributed by atoms with Gasteiger partial charge in [0.05, 0.1) is 0 Å². The number of aromatic hydroxyl groups is 1. The van der Waals surface area contributed by atoms with Gasteiger partial charge in [-0.2, -0.15) is 0 Å². The largest absolute Gasteiger partial charge is 0.508 e. The standard InChI is InChI=1S/C7H8ClNO.2ClH/c8-7-3-6(10)2-1-5(7)4-9;;/h1-3,10H,4,9H2;2*1H. The third-order valence-electron chi connectivity index (χ3n) is 1.26. The molecule has 0 amide bonds. The van der Waals surface area contributed by atoms with Gasteiger partial charge in [-0.25, -0.2) is 0 Å². The summed E-state index contributed by atoms with van der Waals surface area (Å²) >= 11 is 5.69. The molecule has 2 nitrogen and oxygen atoms in total. The van der Waals surface area contributed by atoms with Crippen molar-refractivity contribution in [3.8, 4) is 5.75 Å². The molecule has 1 aromatic rings. The van der Waals surface area contributed by atoms with Gasteiger partial charge in [-0.05, 0) is 17.7 Å². The second-order valence-corrected chi connectivity index (χ2v) is 2.39. The van der Waals surface area contributed by atoms with Crippen LogP contribution in [0.4, 0.5) is 0 Å². The summed E-state index contributed by atoms with van der Waals surface area (Å²) in [5.74, 6) is 0.169. The van der Waals surface area contributed by atoms with Gasteiger partial charge >= 0.3 is 0 Å². The van der Waals surface area contributed by atoms with E-state index in [0.717, 1.165) is 5.56 Å². The molecule has 0 spiro atoms. The molecule has 0 aliphatic rings. The van der Waals surface area contributed by atoms with Crippen molar-refractivity contribution in [2.45, 2.75) is 6.54 Å². The highest BCUT2D eigenvalue weighted by atomic mass is 35.5. The SMILES string of the molecule is Cl.Cl.NCc1ccc(O)cc1Cl. The summed E-state index contributed by atoms with van der Waals surface area (Å²) in [7, 11) is 0. The first-order valence-corrected chi connectivity index (χ1v) is 3.29. The Morgan fingerprint density at radius 2 is 1.92 bits per heavy atom. The Bertz CT molecular complexity index is 242. The van der Waals surface area contributed by atoms with Crippen molar-refractivity contribution >= 4 is 36.4 Å². The minimum Gasteiger partial charge on any atom is -0.508 e. The van der Waals surface area contributed by atoms with E-state index in [4.69, 9.17) is 22.4 Å². The van der Waals surface area contributed by atoms with E-state index in [2.05, 4.69) is 0 Å². The molecule has 0 aromatic heterocycles. The van der Waals surface area contributed by atoms with E-state index < -0.39 is 0 Å². The topological polar surface area (TPSA) is 46.2 Å². The summed E-state index contributed by atoms with van der Waals surface area (Å²) in [5, 5.41) is 9.42. The van der Waals surface area contributed by atoms with Crippen LogP contribution in [0.5, 0.6) is 5.75 Å². The Balaban J connectivity index is 0. The zero-order chi connectivity index (χ0) is 7.56. The molecule has 0 fully saturated rings. The zero-order valence-electron chi connectivity index (χ0n) is 6.16. The van der Waals surface area contributed by atoms with Crippen LogP contribution in [-0.4, -0.2) is 5.11 Å². The van der Waals surface area contributed by atoms with E-state index in [1.165, 1.54) is 6.07 Å². The molecule has 0 atom stereocenters. The van der Waals surface area contributed by atoms with Crippen molar-refractivity contribution in [2.24, 2.45) is 5.73 Å². The lowest BCUT2D eigenvalue weighted by molar-refractivity contribution is 0.475. The Labute approximate surface area is 88.5 Å². The monoisotopic (exact) mass is 229 g/mol. The summed E-state index contributed by atoms with van der Waals surface area (Å²) in [4.78, 5) is 0. The quantitative estimate of drug-likeness (QED) is 0.778. The van der Waals surface area contributed by atoms with Gasteiger partial charge in [-0.3, -0.25) is 0 Å². The molecular formula is C7H10Cl3NO. The Kier molecular flexibility index (Phi) is 7.64. The smallest absolute Gasteiger partial charge is 0.117 e. The van der Waals surface area contributed by atoms with Crippen molar-refractivity contribution in [1.82, 2.24) is 0 Å². The fourth-order valence-electron chi connectivity index (χ4n) is 0.702. The van der Waals surface area contributed by atoms with Gasteiger partial charge in [-0.15, -0.1) is 24.8 Å². The number of rotatable bonds is 1. The summed E-state index contributed by atoms with van der Waals surface area (Å²) < 4.78 is 0. The molecular weight excluding hydrogens is 220 g/mol. The van der Waals surface area contributed by atoms with Crippen molar-refractivity contribution in [3.63, 3.8) is 0 Å². The van der Waals surface area contributed by atoms with E-state index in [0.29, 0.717) is 11.6 Å². The number of hydrogen-bond donors (Lipinski definition) is 2. The average Bonchev–Trinajstić information content (AvgIpc) is 1.88. The van der Waals surface area contributed by atoms with Crippen LogP contribution in [0, 0.1) is 0 Å². The minimum atomic E-state index is 0. The normalized spacial score (nSPS) is 8.17. The number of phenolic OH excluding ortho intramolecular Hbond substituents is 1. The maximum atomic E-state index is 8.91. The molecule has 0 aliphatic heterocycles. The summed E-state index contributed by atoms with van der Waals surface area (Å²) in [6.45, 7) is 0.402. The van der Waals surface area contributed by atoms with E-state index in [9.17, 15) is 0 Å². The Hall–Kier alpha value is -0.150. The van der Waals surface area contributed by atoms with Crippen molar-refractivity contribution < 1.29 is 5.11 Å². The molecule has 0 aliphatic carbocycles. The van der Waals surface area contributed by atoms with Crippen LogP contribution in [0.25, 0.3) is 0 Å². The highest BCUT2D eigenvalue weighted by Gasteiger charge is 1.97. The van der Waals surface area contributed by atoms with Gasteiger partial charge in [-0.1, -0.05) is 17.7 Å². The highest BCUT2D eigenvalue weighted by molar-refractivity contribution is 6.31. The van der Waals surface area contributed by atoms with Gasteiger partial charge < -0.3 is 10.8 Å².